The summed E-state index contributed by atoms with van der Waals surface area (Å²) in [4.78, 5) is 0. The highest BCUT2D eigenvalue weighted by molar-refractivity contribution is 5.16. The SMILES string of the molecule is NCC(Cc1ccccc1)NC1CCCC1CO. The lowest BCUT2D eigenvalue weighted by molar-refractivity contribution is 0.199. The highest BCUT2D eigenvalue weighted by atomic mass is 16.3. The lowest BCUT2D eigenvalue weighted by atomic mass is 10.0. The van der Waals surface area contributed by atoms with Crippen LogP contribution in [0.1, 0.15) is 24.8 Å². The summed E-state index contributed by atoms with van der Waals surface area (Å²) in [5.41, 5.74) is 7.18. The Balaban J connectivity index is 1.89. The molecular formula is C15H24N2O. The molecule has 1 aromatic rings. The van der Waals surface area contributed by atoms with Crippen molar-refractivity contribution >= 4 is 0 Å². The van der Waals surface area contributed by atoms with Crippen molar-refractivity contribution in [2.75, 3.05) is 13.2 Å². The van der Waals surface area contributed by atoms with Gasteiger partial charge in [-0.1, -0.05) is 36.8 Å². The second kappa shape index (κ2) is 6.88. The van der Waals surface area contributed by atoms with Crippen LogP contribution in [0.2, 0.25) is 0 Å². The first-order valence-corrected chi connectivity index (χ1v) is 6.94. The van der Waals surface area contributed by atoms with Gasteiger partial charge < -0.3 is 16.2 Å². The topological polar surface area (TPSA) is 58.3 Å². The molecule has 3 unspecified atom stereocenters. The zero-order valence-corrected chi connectivity index (χ0v) is 10.9. The fourth-order valence-corrected chi connectivity index (χ4v) is 2.89. The molecule has 4 N–H and O–H groups in total. The lowest BCUT2D eigenvalue weighted by Gasteiger charge is -2.25. The molecule has 1 aromatic carbocycles. The summed E-state index contributed by atoms with van der Waals surface area (Å²) >= 11 is 0. The summed E-state index contributed by atoms with van der Waals surface area (Å²) in [6, 6.07) is 11.2. The molecule has 18 heavy (non-hydrogen) atoms. The Kier molecular flexibility index (Phi) is 5.17. The molecule has 1 fully saturated rings. The number of benzene rings is 1. The van der Waals surface area contributed by atoms with Crippen LogP contribution >= 0.6 is 0 Å². The van der Waals surface area contributed by atoms with Gasteiger partial charge in [-0.25, -0.2) is 0 Å². The van der Waals surface area contributed by atoms with Crippen LogP contribution in [0.25, 0.3) is 0 Å². The number of hydrogen-bond acceptors (Lipinski definition) is 3. The number of hydrogen-bond donors (Lipinski definition) is 3. The van der Waals surface area contributed by atoms with E-state index in [-0.39, 0.29) is 0 Å². The van der Waals surface area contributed by atoms with Gasteiger partial charge in [-0.2, -0.15) is 0 Å². The molecule has 1 saturated carbocycles. The van der Waals surface area contributed by atoms with E-state index in [1.165, 1.54) is 12.0 Å². The molecule has 2 rings (SSSR count). The molecular weight excluding hydrogens is 224 g/mol. The van der Waals surface area contributed by atoms with Crippen LogP contribution < -0.4 is 11.1 Å². The predicted octanol–water partition coefficient (Wildman–Crippen LogP) is 1.31. The van der Waals surface area contributed by atoms with E-state index >= 15 is 0 Å². The average molecular weight is 248 g/mol. The zero-order chi connectivity index (χ0) is 12.8. The number of aliphatic hydroxyl groups is 1. The fraction of sp³-hybridized carbons (Fsp3) is 0.600. The number of aliphatic hydroxyl groups excluding tert-OH is 1. The summed E-state index contributed by atoms with van der Waals surface area (Å²) in [6.45, 7) is 0.934. The Morgan fingerprint density at radius 3 is 2.72 bits per heavy atom. The Morgan fingerprint density at radius 2 is 2.06 bits per heavy atom. The van der Waals surface area contributed by atoms with Crippen molar-refractivity contribution in [2.45, 2.75) is 37.8 Å². The molecule has 0 saturated heterocycles. The highest BCUT2D eigenvalue weighted by Gasteiger charge is 2.27. The van der Waals surface area contributed by atoms with Crippen molar-refractivity contribution in [1.29, 1.82) is 0 Å². The van der Waals surface area contributed by atoms with Crippen LogP contribution in [0.4, 0.5) is 0 Å². The van der Waals surface area contributed by atoms with Crippen LogP contribution in [-0.2, 0) is 6.42 Å². The molecule has 0 aromatic heterocycles. The Bertz CT molecular complexity index is 342. The van der Waals surface area contributed by atoms with Crippen LogP contribution in [0, 0.1) is 5.92 Å². The minimum atomic E-state index is 0.292. The summed E-state index contributed by atoms with van der Waals surface area (Å²) in [7, 11) is 0. The molecule has 100 valence electrons. The Labute approximate surface area is 109 Å². The second-order valence-electron chi connectivity index (χ2n) is 5.27. The van der Waals surface area contributed by atoms with Gasteiger partial charge in [0.2, 0.25) is 0 Å². The van der Waals surface area contributed by atoms with E-state index in [0.717, 1.165) is 19.3 Å². The van der Waals surface area contributed by atoms with E-state index in [0.29, 0.717) is 31.2 Å². The van der Waals surface area contributed by atoms with Crippen molar-refractivity contribution < 1.29 is 5.11 Å². The molecule has 0 spiro atoms. The quantitative estimate of drug-likeness (QED) is 0.711. The van der Waals surface area contributed by atoms with Gasteiger partial charge >= 0.3 is 0 Å². The molecule has 0 heterocycles. The summed E-state index contributed by atoms with van der Waals surface area (Å²) in [5.74, 6) is 0.412. The monoisotopic (exact) mass is 248 g/mol. The third-order valence-electron chi connectivity index (χ3n) is 3.95. The van der Waals surface area contributed by atoms with Gasteiger partial charge in [0.05, 0.1) is 0 Å². The molecule has 1 aliphatic rings. The van der Waals surface area contributed by atoms with Gasteiger partial charge in [-0.3, -0.25) is 0 Å². The molecule has 1 aliphatic carbocycles. The fourth-order valence-electron chi connectivity index (χ4n) is 2.89. The third-order valence-corrected chi connectivity index (χ3v) is 3.95. The van der Waals surface area contributed by atoms with E-state index < -0.39 is 0 Å². The molecule has 3 atom stereocenters. The maximum absolute atomic E-state index is 9.34. The van der Waals surface area contributed by atoms with Gasteiger partial charge in [-0.15, -0.1) is 0 Å². The van der Waals surface area contributed by atoms with Crippen molar-refractivity contribution in [2.24, 2.45) is 11.7 Å². The van der Waals surface area contributed by atoms with E-state index in [2.05, 4.69) is 29.6 Å². The summed E-state index contributed by atoms with van der Waals surface area (Å²) in [5, 5.41) is 13.0. The summed E-state index contributed by atoms with van der Waals surface area (Å²) in [6.07, 6.45) is 4.48. The number of nitrogens with one attached hydrogen (secondary N) is 1. The van der Waals surface area contributed by atoms with Crippen LogP contribution in [-0.4, -0.2) is 30.3 Å². The summed E-state index contributed by atoms with van der Waals surface area (Å²) < 4.78 is 0. The van der Waals surface area contributed by atoms with Gasteiger partial charge in [0, 0.05) is 25.2 Å². The zero-order valence-electron chi connectivity index (χ0n) is 10.9. The molecule has 0 amide bonds. The maximum Gasteiger partial charge on any atom is 0.0474 e. The number of nitrogens with two attached hydrogens (primary N) is 1. The molecule has 0 bridgehead atoms. The Hall–Kier alpha value is -0.900. The first-order valence-electron chi connectivity index (χ1n) is 6.94. The Morgan fingerprint density at radius 1 is 1.28 bits per heavy atom. The van der Waals surface area contributed by atoms with Gasteiger partial charge in [0.25, 0.3) is 0 Å². The van der Waals surface area contributed by atoms with Crippen molar-refractivity contribution in [3.63, 3.8) is 0 Å². The first kappa shape index (κ1) is 13.5. The minimum Gasteiger partial charge on any atom is -0.396 e. The maximum atomic E-state index is 9.34. The van der Waals surface area contributed by atoms with Crippen molar-refractivity contribution in [1.82, 2.24) is 5.32 Å². The predicted molar refractivity (Wildman–Crippen MR) is 74.3 cm³/mol. The van der Waals surface area contributed by atoms with Crippen LogP contribution in [0.5, 0.6) is 0 Å². The smallest absolute Gasteiger partial charge is 0.0474 e. The standard InChI is InChI=1S/C15H24N2O/c16-10-14(9-12-5-2-1-3-6-12)17-15-8-4-7-13(15)11-18/h1-3,5-6,13-15,17-18H,4,7-11,16H2. The molecule has 0 radical (unpaired) electrons. The molecule has 0 aliphatic heterocycles. The molecule has 3 nitrogen and oxygen atoms in total. The van der Waals surface area contributed by atoms with E-state index in [4.69, 9.17) is 5.73 Å². The third kappa shape index (κ3) is 3.55. The van der Waals surface area contributed by atoms with Gasteiger partial charge in [-0.05, 0) is 30.7 Å². The second-order valence-corrected chi connectivity index (χ2v) is 5.27. The normalized spacial score (nSPS) is 25.2. The lowest BCUT2D eigenvalue weighted by Crippen LogP contribution is -2.46. The van der Waals surface area contributed by atoms with E-state index in [1.807, 2.05) is 6.07 Å². The van der Waals surface area contributed by atoms with Gasteiger partial charge in [0.1, 0.15) is 0 Å². The van der Waals surface area contributed by atoms with Crippen LogP contribution in [0.3, 0.4) is 0 Å². The average Bonchev–Trinajstić information content (AvgIpc) is 2.86. The first-order chi connectivity index (χ1) is 8.83. The van der Waals surface area contributed by atoms with E-state index in [9.17, 15) is 5.11 Å². The highest BCUT2D eigenvalue weighted by Crippen LogP contribution is 2.25. The van der Waals surface area contributed by atoms with Gasteiger partial charge in [0.15, 0.2) is 0 Å². The van der Waals surface area contributed by atoms with Crippen molar-refractivity contribution in [3.05, 3.63) is 35.9 Å². The number of rotatable bonds is 6. The van der Waals surface area contributed by atoms with E-state index in [1.54, 1.807) is 0 Å². The minimum absolute atomic E-state index is 0.292. The molecule has 3 heteroatoms. The largest absolute Gasteiger partial charge is 0.396 e. The van der Waals surface area contributed by atoms with Crippen LogP contribution in [0.15, 0.2) is 30.3 Å². The van der Waals surface area contributed by atoms with Crippen molar-refractivity contribution in [3.8, 4) is 0 Å².